The zero-order valence-corrected chi connectivity index (χ0v) is 32.7. The standard InChI is InChI=1S/C28H26FN7O4S2.C10H22O/c1-42(32,39)11-10-36-23-13-19(25(31)37)4-5-22(23)34-26(36)27(38)35-8-6-18(7-9-35)24-15-33-28(41-24)40-16-20-3-2-17(14-30)12-21(20)29;1-6-10(4,5)11-8-7-9(2)3/h2-6,12-13,15,32H,7-11,16H2,1H3,(H2,31,37);9H,6-8H2,1-5H3. The number of nitrogens with one attached hydrogen (secondary N) is 1. The molecule has 1 atom stereocenters. The second-order valence-electron chi connectivity index (χ2n) is 13.9. The predicted molar refractivity (Wildman–Crippen MR) is 206 cm³/mol. The first-order valence-corrected chi connectivity index (χ1v) is 20.4. The first-order valence-electron chi connectivity index (χ1n) is 17.4. The summed E-state index contributed by atoms with van der Waals surface area (Å²) in [4.78, 5) is 36.6. The summed E-state index contributed by atoms with van der Waals surface area (Å²) in [6.45, 7) is 12.6. The van der Waals surface area contributed by atoms with E-state index in [0.717, 1.165) is 35.5 Å². The van der Waals surface area contributed by atoms with Gasteiger partial charge in [-0.15, -0.1) is 0 Å². The second kappa shape index (κ2) is 17.9. The third-order valence-electron chi connectivity index (χ3n) is 8.80. The van der Waals surface area contributed by atoms with E-state index >= 15 is 0 Å². The third kappa shape index (κ3) is 11.7. The topological polar surface area (TPSA) is 177 Å². The van der Waals surface area contributed by atoms with Gasteiger partial charge in [0.05, 0.1) is 33.1 Å². The van der Waals surface area contributed by atoms with E-state index in [2.05, 4.69) is 44.6 Å². The van der Waals surface area contributed by atoms with Gasteiger partial charge >= 0.3 is 0 Å². The Morgan fingerprint density at radius 2 is 1.98 bits per heavy atom. The van der Waals surface area contributed by atoms with Crippen molar-refractivity contribution in [2.45, 2.75) is 72.6 Å². The van der Waals surface area contributed by atoms with Gasteiger partial charge in [0.2, 0.25) is 5.91 Å². The lowest BCUT2D eigenvalue weighted by atomic mass is 10.1. The fraction of sp³-hybridized carbons (Fsp3) is 0.447. The van der Waals surface area contributed by atoms with Gasteiger partial charge in [-0.25, -0.2) is 14.4 Å². The van der Waals surface area contributed by atoms with Crippen LogP contribution in [0, 0.1) is 27.8 Å². The Morgan fingerprint density at radius 1 is 1.23 bits per heavy atom. The molecule has 3 N–H and O–H groups in total. The molecular formula is C38H48FN7O5S2. The smallest absolute Gasteiger partial charge is 0.290 e. The largest absolute Gasteiger partial charge is 0.465 e. The van der Waals surface area contributed by atoms with Crippen LogP contribution in [0.25, 0.3) is 16.6 Å². The van der Waals surface area contributed by atoms with Gasteiger partial charge in [-0.1, -0.05) is 44.3 Å². The number of nitrogens with zero attached hydrogens (tertiary/aromatic N) is 5. The van der Waals surface area contributed by atoms with Crippen LogP contribution in [0.5, 0.6) is 5.19 Å². The molecule has 12 nitrogen and oxygen atoms in total. The molecule has 0 fully saturated rings. The molecule has 2 aromatic heterocycles. The monoisotopic (exact) mass is 765 g/mol. The number of rotatable bonds is 14. The zero-order valence-electron chi connectivity index (χ0n) is 31.1. The minimum Gasteiger partial charge on any atom is -0.465 e. The number of benzene rings is 2. The highest BCUT2D eigenvalue weighted by atomic mass is 32.2. The summed E-state index contributed by atoms with van der Waals surface area (Å²) in [6, 6.07) is 10.8. The van der Waals surface area contributed by atoms with Crippen LogP contribution < -0.4 is 10.5 Å². The molecule has 0 saturated carbocycles. The fourth-order valence-electron chi connectivity index (χ4n) is 5.17. The third-order valence-corrected chi connectivity index (χ3v) is 10.7. The summed E-state index contributed by atoms with van der Waals surface area (Å²) in [5.74, 6) is -0.567. The molecule has 2 amide bonds. The van der Waals surface area contributed by atoms with Crippen molar-refractivity contribution in [3.8, 4) is 11.3 Å². The molecular weight excluding hydrogens is 718 g/mol. The van der Waals surface area contributed by atoms with Crippen molar-refractivity contribution in [3.05, 3.63) is 81.9 Å². The zero-order chi connectivity index (χ0) is 38.9. The predicted octanol–water partition coefficient (Wildman–Crippen LogP) is 7.03. The Balaban J connectivity index is 0.000000495. The van der Waals surface area contributed by atoms with Crippen molar-refractivity contribution in [2.75, 3.05) is 31.7 Å². The Bertz CT molecular complexity index is 2120. The van der Waals surface area contributed by atoms with Gasteiger partial charge in [0.15, 0.2) is 5.82 Å². The molecule has 0 aliphatic carbocycles. The number of carbonyl (C=O) groups excluding carboxylic acids is 2. The Morgan fingerprint density at radius 3 is 2.58 bits per heavy atom. The van der Waals surface area contributed by atoms with E-state index in [1.165, 1.54) is 42.2 Å². The number of carbonyl (C=O) groups is 2. The van der Waals surface area contributed by atoms with E-state index in [1.807, 2.05) is 12.1 Å². The quantitative estimate of drug-likeness (QED) is 0.138. The molecule has 0 saturated heterocycles. The van der Waals surface area contributed by atoms with Crippen molar-refractivity contribution in [1.82, 2.24) is 19.4 Å². The summed E-state index contributed by atoms with van der Waals surface area (Å²) in [5, 5.41) is 9.27. The van der Waals surface area contributed by atoms with E-state index < -0.39 is 21.5 Å². The number of primary amides is 1. The Hall–Kier alpha value is -4.65. The highest BCUT2D eigenvalue weighted by Crippen LogP contribution is 2.32. The van der Waals surface area contributed by atoms with E-state index in [9.17, 15) is 18.2 Å². The van der Waals surface area contributed by atoms with E-state index in [0.29, 0.717) is 41.3 Å². The molecule has 1 aliphatic heterocycles. The normalized spacial score (nSPS) is 14.2. The maximum absolute atomic E-state index is 14.2. The fourth-order valence-corrected chi connectivity index (χ4v) is 6.53. The molecule has 0 bridgehead atoms. The molecule has 4 aromatic rings. The minimum absolute atomic E-state index is 0.0111. The number of thiazole rings is 1. The van der Waals surface area contributed by atoms with Gasteiger partial charge in [-0.2, -0.15) is 5.26 Å². The summed E-state index contributed by atoms with van der Waals surface area (Å²) in [6.07, 6.45) is 7.76. The number of ether oxygens (including phenoxy) is 2. The maximum Gasteiger partial charge on any atom is 0.290 e. The molecule has 2 aromatic carbocycles. The van der Waals surface area contributed by atoms with Crippen molar-refractivity contribution >= 4 is 49.5 Å². The average Bonchev–Trinajstić information content (AvgIpc) is 3.74. The minimum atomic E-state index is -2.84. The summed E-state index contributed by atoms with van der Waals surface area (Å²) in [7, 11) is -2.84. The lowest BCUT2D eigenvalue weighted by Gasteiger charge is -2.26. The first-order chi connectivity index (χ1) is 25.0. The Labute approximate surface area is 314 Å². The number of imidazole rings is 1. The lowest BCUT2D eigenvalue weighted by molar-refractivity contribution is -0.0243. The van der Waals surface area contributed by atoms with Gasteiger partial charge in [-0.05, 0) is 74.9 Å². The summed E-state index contributed by atoms with van der Waals surface area (Å²) in [5.41, 5.74) is 8.32. The van der Waals surface area contributed by atoms with Crippen LogP contribution in [0.4, 0.5) is 4.39 Å². The van der Waals surface area contributed by atoms with Crippen LogP contribution in [-0.4, -0.2) is 72.8 Å². The van der Waals surface area contributed by atoms with Crippen molar-refractivity contribution in [1.29, 1.82) is 10.0 Å². The lowest BCUT2D eigenvalue weighted by Crippen LogP contribution is -2.36. The SMILES string of the molecule is CCC(C)(C)OCCC(C)C.CS(=N)(=O)CCn1c(C(=O)N2CC=C(c3cnc(OCc4ccc(C#N)cc4F)s3)CC2)nc2ccc(C(N)=O)cc21. The van der Waals surface area contributed by atoms with Crippen molar-refractivity contribution < 1.29 is 27.7 Å². The Kier molecular flexibility index (Phi) is 13.9. The number of halogens is 1. The molecule has 5 rings (SSSR count). The number of amides is 2. The molecule has 15 heteroatoms. The highest BCUT2D eigenvalue weighted by molar-refractivity contribution is 7.91. The summed E-state index contributed by atoms with van der Waals surface area (Å²) < 4.78 is 47.0. The number of hydrogen-bond acceptors (Lipinski definition) is 10. The van der Waals surface area contributed by atoms with Crippen LogP contribution in [0.1, 0.15) is 90.9 Å². The molecule has 53 heavy (non-hydrogen) atoms. The van der Waals surface area contributed by atoms with E-state index in [4.69, 9.17) is 25.2 Å². The number of aromatic nitrogens is 3. The molecule has 3 heterocycles. The van der Waals surface area contributed by atoms with Gasteiger partial charge in [0, 0.05) is 65.3 Å². The number of hydrogen-bond donors (Lipinski definition) is 2. The van der Waals surface area contributed by atoms with Gasteiger partial charge in [-0.3, -0.25) is 18.6 Å². The van der Waals surface area contributed by atoms with Crippen LogP contribution >= 0.6 is 11.3 Å². The number of aryl methyl sites for hydroxylation is 1. The molecule has 1 aliphatic rings. The molecule has 284 valence electrons. The second-order valence-corrected chi connectivity index (χ2v) is 17.3. The number of nitrogens with two attached hydrogens (primary N) is 1. The first kappa shape index (κ1) is 41.1. The van der Waals surface area contributed by atoms with Crippen molar-refractivity contribution in [3.63, 3.8) is 0 Å². The van der Waals surface area contributed by atoms with Crippen LogP contribution in [0.2, 0.25) is 0 Å². The number of nitriles is 1. The average molecular weight is 766 g/mol. The molecule has 1 unspecified atom stereocenters. The molecule has 0 spiro atoms. The van der Waals surface area contributed by atoms with Crippen LogP contribution in [0.3, 0.4) is 0 Å². The summed E-state index contributed by atoms with van der Waals surface area (Å²) >= 11 is 1.32. The van der Waals surface area contributed by atoms with E-state index in [-0.39, 0.29) is 47.4 Å². The van der Waals surface area contributed by atoms with Gasteiger partial charge < -0.3 is 24.7 Å². The van der Waals surface area contributed by atoms with Crippen molar-refractivity contribution in [2.24, 2.45) is 11.7 Å². The van der Waals surface area contributed by atoms with Gasteiger partial charge in [0.25, 0.3) is 11.1 Å². The maximum atomic E-state index is 14.2. The van der Waals surface area contributed by atoms with Crippen LogP contribution in [0.15, 0.2) is 48.7 Å². The van der Waals surface area contributed by atoms with Gasteiger partial charge in [0.1, 0.15) is 12.4 Å². The molecule has 0 radical (unpaired) electrons. The van der Waals surface area contributed by atoms with E-state index in [1.54, 1.807) is 27.8 Å². The highest BCUT2D eigenvalue weighted by Gasteiger charge is 2.26. The van der Waals surface area contributed by atoms with Crippen LogP contribution in [-0.2, 0) is 27.6 Å². The number of fused-ring (bicyclic) bond motifs is 1.